The molecule has 0 heterocycles. The Bertz CT molecular complexity index is 821. The molecule has 0 aliphatic carbocycles. The van der Waals surface area contributed by atoms with E-state index in [1.807, 2.05) is 30.3 Å². The van der Waals surface area contributed by atoms with E-state index in [-0.39, 0.29) is 18.2 Å². The highest BCUT2D eigenvalue weighted by Gasteiger charge is 2.16. The molecule has 7 heteroatoms. The van der Waals surface area contributed by atoms with Gasteiger partial charge in [0.05, 0.1) is 5.75 Å². The van der Waals surface area contributed by atoms with Crippen molar-refractivity contribution in [2.75, 3.05) is 18.8 Å². The number of hydrogen-bond donors (Lipinski definition) is 2. The van der Waals surface area contributed by atoms with Gasteiger partial charge in [0.1, 0.15) is 0 Å². The van der Waals surface area contributed by atoms with Crippen molar-refractivity contribution in [2.45, 2.75) is 26.4 Å². The van der Waals surface area contributed by atoms with Gasteiger partial charge in [-0.1, -0.05) is 42.5 Å². The van der Waals surface area contributed by atoms with Crippen LogP contribution in [0.2, 0.25) is 0 Å². The number of carbonyl (C=O) groups is 1. The molecule has 2 rings (SSSR count). The Kier molecular flexibility index (Phi) is 7.97. The summed E-state index contributed by atoms with van der Waals surface area (Å²) in [5.74, 6) is -0.0212. The number of sulfonamides is 1. The molecule has 0 saturated heterocycles. The van der Waals surface area contributed by atoms with Gasteiger partial charge in [0, 0.05) is 25.2 Å². The second-order valence-electron chi connectivity index (χ2n) is 6.28. The second kappa shape index (κ2) is 10.2. The van der Waals surface area contributed by atoms with Gasteiger partial charge >= 0.3 is 0 Å². The standard InChI is InChI=1S/C20H27N3O3S/c1-2-27(25,26)22-15-17-9-11-19(12-10-17)20(24)23(14-6-13-21)16-18-7-4-3-5-8-18/h3-5,7-12,22H,2,6,13-16,21H2,1H3. The topological polar surface area (TPSA) is 92.5 Å². The summed E-state index contributed by atoms with van der Waals surface area (Å²) in [5.41, 5.74) is 8.06. The summed E-state index contributed by atoms with van der Waals surface area (Å²) < 4.78 is 25.6. The molecule has 146 valence electrons. The molecule has 0 aliphatic heterocycles. The summed E-state index contributed by atoms with van der Waals surface area (Å²) >= 11 is 0. The lowest BCUT2D eigenvalue weighted by molar-refractivity contribution is 0.0742. The molecule has 2 aromatic rings. The Morgan fingerprint density at radius 1 is 1.04 bits per heavy atom. The van der Waals surface area contributed by atoms with Gasteiger partial charge in [-0.05, 0) is 43.1 Å². The van der Waals surface area contributed by atoms with Crippen LogP contribution in [0.25, 0.3) is 0 Å². The van der Waals surface area contributed by atoms with Crippen LogP contribution >= 0.6 is 0 Å². The Balaban J connectivity index is 2.07. The number of carbonyl (C=O) groups excluding carboxylic acids is 1. The minimum atomic E-state index is -3.24. The van der Waals surface area contributed by atoms with E-state index in [2.05, 4.69) is 4.72 Å². The van der Waals surface area contributed by atoms with Gasteiger partial charge in [-0.3, -0.25) is 4.79 Å². The van der Waals surface area contributed by atoms with E-state index in [9.17, 15) is 13.2 Å². The molecule has 2 aromatic carbocycles. The van der Waals surface area contributed by atoms with Crippen molar-refractivity contribution < 1.29 is 13.2 Å². The number of benzene rings is 2. The number of nitrogens with two attached hydrogens (primary N) is 1. The van der Waals surface area contributed by atoms with E-state index in [1.165, 1.54) is 0 Å². The molecular formula is C20H27N3O3S. The first-order chi connectivity index (χ1) is 12.9. The quantitative estimate of drug-likeness (QED) is 0.651. The van der Waals surface area contributed by atoms with Crippen LogP contribution in [0.4, 0.5) is 0 Å². The summed E-state index contributed by atoms with van der Waals surface area (Å²) in [7, 11) is -3.24. The van der Waals surface area contributed by atoms with Gasteiger partial charge in [-0.2, -0.15) is 0 Å². The monoisotopic (exact) mass is 389 g/mol. The lowest BCUT2D eigenvalue weighted by Crippen LogP contribution is -2.32. The fourth-order valence-electron chi connectivity index (χ4n) is 2.58. The van der Waals surface area contributed by atoms with Crippen molar-refractivity contribution >= 4 is 15.9 Å². The van der Waals surface area contributed by atoms with Gasteiger partial charge in [0.25, 0.3) is 5.91 Å². The molecule has 0 saturated carbocycles. The van der Waals surface area contributed by atoms with Crippen LogP contribution in [-0.4, -0.2) is 38.1 Å². The predicted molar refractivity (Wildman–Crippen MR) is 108 cm³/mol. The first-order valence-electron chi connectivity index (χ1n) is 9.04. The minimum Gasteiger partial charge on any atom is -0.334 e. The third-order valence-corrected chi connectivity index (χ3v) is 5.56. The number of amides is 1. The SMILES string of the molecule is CCS(=O)(=O)NCc1ccc(C(=O)N(CCCN)Cc2ccccc2)cc1. The molecule has 0 unspecified atom stereocenters. The van der Waals surface area contributed by atoms with E-state index in [0.717, 1.165) is 17.5 Å². The fourth-order valence-corrected chi connectivity index (χ4v) is 3.17. The van der Waals surface area contributed by atoms with Crippen molar-refractivity contribution in [3.63, 3.8) is 0 Å². The third-order valence-electron chi connectivity index (χ3n) is 4.21. The largest absolute Gasteiger partial charge is 0.334 e. The molecule has 0 aliphatic rings. The summed E-state index contributed by atoms with van der Waals surface area (Å²) in [5, 5.41) is 0. The average molecular weight is 390 g/mol. The highest BCUT2D eigenvalue weighted by atomic mass is 32.2. The summed E-state index contributed by atoms with van der Waals surface area (Å²) in [6.07, 6.45) is 0.732. The van der Waals surface area contributed by atoms with Crippen molar-refractivity contribution in [3.8, 4) is 0 Å². The molecule has 0 radical (unpaired) electrons. The zero-order chi connectivity index (χ0) is 19.7. The zero-order valence-electron chi connectivity index (χ0n) is 15.6. The van der Waals surface area contributed by atoms with Crippen LogP contribution in [0, 0.1) is 0 Å². The predicted octanol–water partition coefficient (Wildman–Crippen LogP) is 2.12. The maximum Gasteiger partial charge on any atom is 0.254 e. The molecule has 1 amide bonds. The Morgan fingerprint density at radius 3 is 2.30 bits per heavy atom. The minimum absolute atomic E-state index is 0.0408. The molecule has 0 fully saturated rings. The number of hydrogen-bond acceptors (Lipinski definition) is 4. The van der Waals surface area contributed by atoms with Crippen LogP contribution < -0.4 is 10.5 Å². The number of nitrogens with zero attached hydrogens (tertiary/aromatic N) is 1. The van der Waals surface area contributed by atoms with Crippen LogP contribution in [0.5, 0.6) is 0 Å². The van der Waals surface area contributed by atoms with Gasteiger partial charge < -0.3 is 10.6 Å². The maximum absolute atomic E-state index is 12.9. The first-order valence-corrected chi connectivity index (χ1v) is 10.7. The third kappa shape index (κ3) is 6.78. The molecule has 0 aromatic heterocycles. The highest BCUT2D eigenvalue weighted by molar-refractivity contribution is 7.89. The fraction of sp³-hybridized carbons (Fsp3) is 0.350. The molecule has 0 bridgehead atoms. The molecule has 6 nitrogen and oxygen atoms in total. The lowest BCUT2D eigenvalue weighted by Gasteiger charge is -2.23. The van der Waals surface area contributed by atoms with Gasteiger partial charge in [-0.15, -0.1) is 0 Å². The summed E-state index contributed by atoms with van der Waals surface area (Å²) in [6, 6.07) is 16.8. The van der Waals surface area contributed by atoms with E-state index >= 15 is 0 Å². The molecular weight excluding hydrogens is 362 g/mol. The van der Waals surface area contributed by atoms with Crippen molar-refractivity contribution in [3.05, 3.63) is 71.3 Å². The van der Waals surface area contributed by atoms with E-state index in [4.69, 9.17) is 5.73 Å². The molecule has 0 atom stereocenters. The Morgan fingerprint density at radius 2 is 1.70 bits per heavy atom. The summed E-state index contributed by atoms with van der Waals surface area (Å²) in [6.45, 7) is 3.44. The normalized spacial score (nSPS) is 11.3. The average Bonchev–Trinajstić information content (AvgIpc) is 2.70. The van der Waals surface area contributed by atoms with Gasteiger partial charge in [0.15, 0.2) is 0 Å². The molecule has 3 N–H and O–H groups in total. The van der Waals surface area contributed by atoms with Crippen molar-refractivity contribution in [1.29, 1.82) is 0 Å². The van der Waals surface area contributed by atoms with Crippen LogP contribution in [0.15, 0.2) is 54.6 Å². The Labute approximate surface area is 161 Å². The zero-order valence-corrected chi connectivity index (χ0v) is 16.4. The number of rotatable bonds is 10. The van der Waals surface area contributed by atoms with E-state index < -0.39 is 10.0 Å². The van der Waals surface area contributed by atoms with Crippen LogP contribution in [0.1, 0.15) is 34.8 Å². The maximum atomic E-state index is 12.9. The number of nitrogens with one attached hydrogen (secondary N) is 1. The Hall–Kier alpha value is -2.22. The van der Waals surface area contributed by atoms with Gasteiger partial charge in [-0.25, -0.2) is 13.1 Å². The van der Waals surface area contributed by atoms with Gasteiger partial charge in [0.2, 0.25) is 10.0 Å². The molecule has 27 heavy (non-hydrogen) atoms. The van der Waals surface area contributed by atoms with E-state index in [0.29, 0.717) is 25.2 Å². The van der Waals surface area contributed by atoms with Crippen molar-refractivity contribution in [2.24, 2.45) is 5.73 Å². The van der Waals surface area contributed by atoms with Crippen LogP contribution in [0.3, 0.4) is 0 Å². The lowest BCUT2D eigenvalue weighted by atomic mass is 10.1. The smallest absolute Gasteiger partial charge is 0.254 e. The van der Waals surface area contributed by atoms with Crippen LogP contribution in [-0.2, 0) is 23.1 Å². The first kappa shape index (κ1) is 21.1. The molecule has 0 spiro atoms. The summed E-state index contributed by atoms with van der Waals surface area (Å²) in [4.78, 5) is 14.7. The van der Waals surface area contributed by atoms with E-state index in [1.54, 1.807) is 36.1 Å². The van der Waals surface area contributed by atoms with Crippen molar-refractivity contribution in [1.82, 2.24) is 9.62 Å². The highest BCUT2D eigenvalue weighted by Crippen LogP contribution is 2.12. The second-order valence-corrected chi connectivity index (χ2v) is 8.37.